The fraction of sp³-hybridized carbons (Fsp3) is 0.417. The van der Waals surface area contributed by atoms with Crippen molar-refractivity contribution >= 4 is 5.78 Å². The van der Waals surface area contributed by atoms with Crippen LogP contribution in [0.15, 0.2) is 18.2 Å². The van der Waals surface area contributed by atoms with Crippen LogP contribution in [0.3, 0.4) is 0 Å². The van der Waals surface area contributed by atoms with Gasteiger partial charge in [0.1, 0.15) is 5.75 Å². The van der Waals surface area contributed by atoms with E-state index in [1.807, 2.05) is 38.1 Å². The first-order valence-corrected chi connectivity index (χ1v) is 4.87. The number of aryl methyl sites for hydroxylation is 1. The maximum absolute atomic E-state index is 11.7. The number of likely N-dealkylation sites (N-methyl/N-ethyl adjacent to an activating group) is 1. The monoisotopic (exact) mass is 207 g/mol. The Morgan fingerprint density at radius 2 is 2.07 bits per heavy atom. The van der Waals surface area contributed by atoms with E-state index in [1.54, 1.807) is 13.2 Å². The van der Waals surface area contributed by atoms with E-state index in [0.717, 1.165) is 16.9 Å². The summed E-state index contributed by atoms with van der Waals surface area (Å²) in [6.45, 7) is 2.37. The summed E-state index contributed by atoms with van der Waals surface area (Å²) in [6.07, 6.45) is 0. The van der Waals surface area contributed by atoms with E-state index < -0.39 is 0 Å². The number of carbonyl (C=O) groups is 1. The third kappa shape index (κ3) is 3.06. The van der Waals surface area contributed by atoms with Crippen LogP contribution in [0.4, 0.5) is 0 Å². The lowest BCUT2D eigenvalue weighted by Gasteiger charge is -2.10. The van der Waals surface area contributed by atoms with E-state index in [1.165, 1.54) is 0 Å². The van der Waals surface area contributed by atoms with Crippen LogP contribution in [0.1, 0.15) is 15.9 Å². The molecule has 0 radical (unpaired) electrons. The van der Waals surface area contributed by atoms with Crippen molar-refractivity contribution in [3.8, 4) is 5.75 Å². The summed E-state index contributed by atoms with van der Waals surface area (Å²) in [4.78, 5) is 13.6. The van der Waals surface area contributed by atoms with Crippen LogP contribution in [0.25, 0.3) is 0 Å². The molecule has 0 saturated carbocycles. The Labute approximate surface area is 90.7 Å². The summed E-state index contributed by atoms with van der Waals surface area (Å²) >= 11 is 0. The summed E-state index contributed by atoms with van der Waals surface area (Å²) in [5.74, 6) is 0.946. The van der Waals surface area contributed by atoms with Gasteiger partial charge in [-0.15, -0.1) is 0 Å². The standard InChI is InChI=1S/C12H17NO2/c1-9-7-10(5-6-12(9)15-4)11(14)8-13(2)3/h5-7H,8H2,1-4H3. The van der Waals surface area contributed by atoms with Crippen LogP contribution in [0.2, 0.25) is 0 Å². The van der Waals surface area contributed by atoms with Gasteiger partial charge in [0, 0.05) is 5.56 Å². The summed E-state index contributed by atoms with van der Waals surface area (Å²) in [6, 6.07) is 5.50. The molecule has 0 aliphatic rings. The summed E-state index contributed by atoms with van der Waals surface area (Å²) in [5.41, 5.74) is 1.73. The van der Waals surface area contributed by atoms with E-state index in [2.05, 4.69) is 0 Å². The molecule has 0 fully saturated rings. The van der Waals surface area contributed by atoms with Crippen LogP contribution >= 0.6 is 0 Å². The van der Waals surface area contributed by atoms with Gasteiger partial charge in [-0.3, -0.25) is 4.79 Å². The van der Waals surface area contributed by atoms with Crippen LogP contribution < -0.4 is 4.74 Å². The molecule has 0 saturated heterocycles. The van der Waals surface area contributed by atoms with Gasteiger partial charge in [0.2, 0.25) is 0 Å². The molecule has 0 N–H and O–H groups in total. The molecule has 0 atom stereocenters. The average molecular weight is 207 g/mol. The summed E-state index contributed by atoms with van der Waals surface area (Å²) in [5, 5.41) is 0. The second kappa shape index (κ2) is 4.94. The first-order valence-electron chi connectivity index (χ1n) is 4.87. The number of hydrogen-bond donors (Lipinski definition) is 0. The van der Waals surface area contributed by atoms with Gasteiger partial charge in [0.05, 0.1) is 13.7 Å². The molecule has 0 aliphatic carbocycles. The van der Waals surface area contributed by atoms with Crippen LogP contribution in [0.5, 0.6) is 5.75 Å². The second-order valence-electron chi connectivity index (χ2n) is 3.85. The molecule has 1 aromatic carbocycles. The molecule has 0 bridgehead atoms. The largest absolute Gasteiger partial charge is 0.496 e. The Kier molecular flexibility index (Phi) is 3.86. The minimum atomic E-state index is 0.130. The molecule has 1 aromatic rings. The molecule has 1 rings (SSSR count). The molecule has 82 valence electrons. The third-order valence-corrected chi connectivity index (χ3v) is 2.18. The lowest BCUT2D eigenvalue weighted by molar-refractivity contribution is 0.0957. The van der Waals surface area contributed by atoms with Gasteiger partial charge >= 0.3 is 0 Å². The van der Waals surface area contributed by atoms with Crippen LogP contribution in [0, 0.1) is 6.92 Å². The Bertz CT molecular complexity index is 359. The summed E-state index contributed by atoms with van der Waals surface area (Å²) in [7, 11) is 5.40. The van der Waals surface area contributed by atoms with E-state index in [0.29, 0.717) is 6.54 Å². The van der Waals surface area contributed by atoms with E-state index in [-0.39, 0.29) is 5.78 Å². The predicted molar refractivity (Wildman–Crippen MR) is 60.6 cm³/mol. The summed E-state index contributed by atoms with van der Waals surface area (Å²) < 4.78 is 5.14. The van der Waals surface area contributed by atoms with Crippen molar-refractivity contribution in [2.75, 3.05) is 27.7 Å². The molecule has 0 aromatic heterocycles. The van der Waals surface area contributed by atoms with Gasteiger partial charge in [-0.1, -0.05) is 0 Å². The number of nitrogens with zero attached hydrogens (tertiary/aromatic N) is 1. The first-order chi connectivity index (χ1) is 7.04. The van der Waals surface area contributed by atoms with Crippen molar-refractivity contribution < 1.29 is 9.53 Å². The molecule has 3 heteroatoms. The lowest BCUT2D eigenvalue weighted by atomic mass is 10.1. The van der Waals surface area contributed by atoms with E-state index in [9.17, 15) is 4.79 Å². The van der Waals surface area contributed by atoms with Gasteiger partial charge in [0.25, 0.3) is 0 Å². The third-order valence-electron chi connectivity index (χ3n) is 2.18. The normalized spacial score (nSPS) is 10.5. The fourth-order valence-electron chi connectivity index (χ4n) is 1.43. The Morgan fingerprint density at radius 1 is 1.40 bits per heavy atom. The van der Waals surface area contributed by atoms with Crippen molar-refractivity contribution in [2.45, 2.75) is 6.92 Å². The highest BCUT2D eigenvalue weighted by Crippen LogP contribution is 2.18. The highest BCUT2D eigenvalue weighted by molar-refractivity contribution is 5.97. The molecular formula is C12H17NO2. The van der Waals surface area contributed by atoms with Crippen molar-refractivity contribution in [3.05, 3.63) is 29.3 Å². The minimum Gasteiger partial charge on any atom is -0.496 e. The van der Waals surface area contributed by atoms with Gasteiger partial charge in [-0.05, 0) is 44.8 Å². The van der Waals surface area contributed by atoms with E-state index in [4.69, 9.17) is 4.74 Å². The lowest BCUT2D eigenvalue weighted by Crippen LogP contribution is -2.21. The van der Waals surface area contributed by atoms with Crippen molar-refractivity contribution in [1.82, 2.24) is 4.90 Å². The zero-order valence-electron chi connectivity index (χ0n) is 9.70. The van der Waals surface area contributed by atoms with Gasteiger partial charge in [-0.25, -0.2) is 0 Å². The molecule has 15 heavy (non-hydrogen) atoms. The van der Waals surface area contributed by atoms with Gasteiger partial charge < -0.3 is 9.64 Å². The van der Waals surface area contributed by atoms with Crippen molar-refractivity contribution in [2.24, 2.45) is 0 Å². The van der Waals surface area contributed by atoms with Gasteiger partial charge in [-0.2, -0.15) is 0 Å². The zero-order chi connectivity index (χ0) is 11.4. The number of ketones is 1. The maximum atomic E-state index is 11.7. The highest BCUT2D eigenvalue weighted by Gasteiger charge is 2.08. The Morgan fingerprint density at radius 3 is 2.53 bits per heavy atom. The minimum absolute atomic E-state index is 0.130. The number of Topliss-reactive ketones (excluding diaryl/α,β-unsaturated/α-hetero) is 1. The molecule has 0 aliphatic heterocycles. The number of ether oxygens (including phenoxy) is 1. The topological polar surface area (TPSA) is 29.5 Å². The molecular weight excluding hydrogens is 190 g/mol. The quantitative estimate of drug-likeness (QED) is 0.704. The first kappa shape index (κ1) is 11.7. The number of benzene rings is 1. The smallest absolute Gasteiger partial charge is 0.176 e. The Balaban J connectivity index is 2.87. The van der Waals surface area contributed by atoms with Crippen molar-refractivity contribution in [3.63, 3.8) is 0 Å². The van der Waals surface area contributed by atoms with Crippen molar-refractivity contribution in [1.29, 1.82) is 0 Å². The molecule has 0 unspecified atom stereocenters. The SMILES string of the molecule is COc1ccc(C(=O)CN(C)C)cc1C. The predicted octanol–water partition coefficient (Wildman–Crippen LogP) is 1.75. The van der Waals surface area contributed by atoms with E-state index >= 15 is 0 Å². The average Bonchev–Trinajstić information content (AvgIpc) is 2.16. The van der Waals surface area contributed by atoms with Gasteiger partial charge in [0.15, 0.2) is 5.78 Å². The number of carbonyl (C=O) groups excluding carboxylic acids is 1. The number of rotatable bonds is 4. The molecule has 0 spiro atoms. The van der Waals surface area contributed by atoms with Crippen LogP contribution in [-0.2, 0) is 0 Å². The maximum Gasteiger partial charge on any atom is 0.176 e. The molecule has 0 heterocycles. The molecule has 0 amide bonds. The second-order valence-corrected chi connectivity index (χ2v) is 3.85. The molecule has 3 nitrogen and oxygen atoms in total. The highest BCUT2D eigenvalue weighted by atomic mass is 16.5. The van der Waals surface area contributed by atoms with Crippen LogP contribution in [-0.4, -0.2) is 38.4 Å². The zero-order valence-corrected chi connectivity index (χ0v) is 9.70. The number of methoxy groups -OCH3 is 1. The fourth-order valence-corrected chi connectivity index (χ4v) is 1.43. The number of hydrogen-bond acceptors (Lipinski definition) is 3. The Hall–Kier alpha value is -1.35.